The molecule has 0 amide bonds. The minimum Gasteiger partial charge on any atom is -0.496 e. The largest absolute Gasteiger partial charge is 0.496 e. The van der Waals surface area contributed by atoms with Crippen LogP contribution < -0.4 is 4.74 Å². The van der Waals surface area contributed by atoms with Gasteiger partial charge < -0.3 is 14.7 Å². The number of piperazine rings is 1. The summed E-state index contributed by atoms with van der Waals surface area (Å²) in [5.74, 6) is 0.952. The lowest BCUT2D eigenvalue weighted by Crippen LogP contribution is -2.57. The van der Waals surface area contributed by atoms with Gasteiger partial charge in [-0.1, -0.05) is 12.1 Å². The highest BCUT2D eigenvalue weighted by Crippen LogP contribution is 2.25. The number of nitrogens with zero attached hydrogens (tertiary/aromatic N) is 3. The summed E-state index contributed by atoms with van der Waals surface area (Å²) >= 11 is 0. The molecule has 0 aliphatic carbocycles. The molecule has 0 bridgehead atoms. The first-order chi connectivity index (χ1) is 13.5. The number of aliphatic hydroxyl groups excluding tert-OH is 1. The predicted molar refractivity (Wildman–Crippen MR) is 115 cm³/mol. The summed E-state index contributed by atoms with van der Waals surface area (Å²) in [6, 6.07) is 8.29. The van der Waals surface area contributed by atoms with Gasteiger partial charge in [-0.05, 0) is 70.3 Å². The number of benzene rings is 1. The van der Waals surface area contributed by atoms with Crippen molar-refractivity contribution in [2.45, 2.75) is 64.7 Å². The molecule has 1 aromatic carbocycles. The molecule has 2 heterocycles. The summed E-state index contributed by atoms with van der Waals surface area (Å²) in [7, 11) is 1.73. The van der Waals surface area contributed by atoms with Gasteiger partial charge in [-0.3, -0.25) is 9.80 Å². The summed E-state index contributed by atoms with van der Waals surface area (Å²) in [5, 5.41) is 9.64. The first-order valence-corrected chi connectivity index (χ1v) is 11.0. The molecule has 158 valence electrons. The van der Waals surface area contributed by atoms with Crippen molar-refractivity contribution in [1.82, 2.24) is 14.7 Å². The Kier molecular flexibility index (Phi) is 7.75. The van der Waals surface area contributed by atoms with E-state index in [1.807, 2.05) is 0 Å². The van der Waals surface area contributed by atoms with Crippen LogP contribution in [0.2, 0.25) is 0 Å². The average Bonchev–Trinajstić information content (AvgIpc) is 2.70. The summed E-state index contributed by atoms with van der Waals surface area (Å²) in [4.78, 5) is 7.87. The Bertz CT molecular complexity index is 614. The van der Waals surface area contributed by atoms with Crippen LogP contribution in [0.5, 0.6) is 5.75 Å². The van der Waals surface area contributed by atoms with Crippen LogP contribution in [0.3, 0.4) is 0 Å². The monoisotopic (exact) mass is 389 g/mol. The van der Waals surface area contributed by atoms with Gasteiger partial charge in [0.05, 0.1) is 7.11 Å². The van der Waals surface area contributed by atoms with E-state index in [1.165, 1.54) is 37.1 Å². The Hall–Kier alpha value is -1.14. The molecule has 0 spiro atoms. The van der Waals surface area contributed by atoms with Gasteiger partial charge >= 0.3 is 0 Å². The van der Waals surface area contributed by atoms with E-state index in [-0.39, 0.29) is 6.61 Å². The fraction of sp³-hybridized carbons (Fsp3) is 0.739. The second-order valence-corrected chi connectivity index (χ2v) is 8.80. The quantitative estimate of drug-likeness (QED) is 0.776. The van der Waals surface area contributed by atoms with Crippen LogP contribution in [0.15, 0.2) is 18.2 Å². The number of hydrogen-bond acceptors (Lipinski definition) is 5. The summed E-state index contributed by atoms with van der Waals surface area (Å²) in [5.41, 5.74) is 2.52. The van der Waals surface area contributed by atoms with Gasteiger partial charge in [0, 0.05) is 50.9 Å². The number of likely N-dealkylation sites (tertiary alicyclic amines) is 1. The van der Waals surface area contributed by atoms with Gasteiger partial charge in [-0.25, -0.2) is 0 Å². The number of aliphatic hydroxyl groups is 1. The molecule has 0 saturated carbocycles. The van der Waals surface area contributed by atoms with Crippen LogP contribution in [0.4, 0.5) is 0 Å². The van der Waals surface area contributed by atoms with Crippen molar-refractivity contribution in [1.29, 1.82) is 0 Å². The van der Waals surface area contributed by atoms with Crippen LogP contribution in [-0.4, -0.2) is 84.4 Å². The molecule has 2 saturated heterocycles. The maximum atomic E-state index is 9.64. The molecule has 5 heteroatoms. The van der Waals surface area contributed by atoms with Gasteiger partial charge in [0.1, 0.15) is 5.75 Å². The number of hydrogen-bond donors (Lipinski definition) is 1. The lowest BCUT2D eigenvalue weighted by atomic mass is 9.98. The van der Waals surface area contributed by atoms with Crippen LogP contribution in [0.25, 0.3) is 0 Å². The standard InChI is InChI=1S/C23H39N3O2/c1-18(2)24-10-7-21(8-11-24)26-13-12-25(22(17-26)9-14-27)16-20-5-6-23(28-4)19(3)15-20/h5-6,15,18,21-22,27H,7-14,16-17H2,1-4H3/t22-/m0/s1. The highest BCUT2D eigenvalue weighted by molar-refractivity contribution is 5.36. The van der Waals surface area contributed by atoms with Gasteiger partial charge in [-0.15, -0.1) is 0 Å². The van der Waals surface area contributed by atoms with Crippen molar-refractivity contribution in [3.63, 3.8) is 0 Å². The first kappa shape index (κ1) is 21.6. The van der Waals surface area contributed by atoms with E-state index < -0.39 is 0 Å². The van der Waals surface area contributed by atoms with E-state index in [9.17, 15) is 5.11 Å². The Morgan fingerprint density at radius 1 is 1.14 bits per heavy atom. The van der Waals surface area contributed by atoms with E-state index in [0.717, 1.165) is 38.3 Å². The van der Waals surface area contributed by atoms with Crippen LogP contribution in [0, 0.1) is 6.92 Å². The van der Waals surface area contributed by atoms with Crippen LogP contribution in [-0.2, 0) is 6.54 Å². The molecule has 28 heavy (non-hydrogen) atoms. The van der Waals surface area contributed by atoms with Gasteiger partial charge in [-0.2, -0.15) is 0 Å². The third kappa shape index (κ3) is 5.26. The van der Waals surface area contributed by atoms with Crippen molar-refractivity contribution >= 4 is 0 Å². The molecule has 2 aliphatic rings. The molecule has 1 aromatic rings. The highest BCUT2D eigenvalue weighted by atomic mass is 16.5. The second kappa shape index (κ2) is 10.1. The highest BCUT2D eigenvalue weighted by Gasteiger charge is 2.32. The molecule has 0 aromatic heterocycles. The maximum absolute atomic E-state index is 9.64. The molecule has 1 atom stereocenters. The summed E-state index contributed by atoms with van der Waals surface area (Å²) in [6.45, 7) is 13.7. The molecular formula is C23H39N3O2. The third-order valence-corrected chi connectivity index (χ3v) is 6.69. The molecule has 2 fully saturated rings. The Morgan fingerprint density at radius 2 is 1.89 bits per heavy atom. The van der Waals surface area contributed by atoms with Crippen molar-refractivity contribution in [2.75, 3.05) is 46.4 Å². The van der Waals surface area contributed by atoms with Crippen molar-refractivity contribution < 1.29 is 9.84 Å². The van der Waals surface area contributed by atoms with Crippen LogP contribution >= 0.6 is 0 Å². The zero-order valence-electron chi connectivity index (χ0n) is 18.2. The SMILES string of the molecule is COc1ccc(CN2CCN(C3CCN(C(C)C)CC3)C[C@@H]2CCO)cc1C. The molecule has 1 N–H and O–H groups in total. The Labute approximate surface area is 171 Å². The van der Waals surface area contributed by atoms with Gasteiger partial charge in [0.25, 0.3) is 0 Å². The lowest BCUT2D eigenvalue weighted by molar-refractivity contribution is 0.00988. The number of ether oxygens (including phenoxy) is 1. The zero-order chi connectivity index (χ0) is 20.1. The predicted octanol–water partition coefficient (Wildman–Crippen LogP) is 2.75. The maximum Gasteiger partial charge on any atom is 0.121 e. The molecular weight excluding hydrogens is 350 g/mol. The van der Waals surface area contributed by atoms with Crippen molar-refractivity contribution in [3.8, 4) is 5.75 Å². The molecule has 3 rings (SSSR count). The van der Waals surface area contributed by atoms with Crippen LogP contribution in [0.1, 0.15) is 44.2 Å². The van der Waals surface area contributed by atoms with Crippen molar-refractivity contribution in [3.05, 3.63) is 29.3 Å². The minimum absolute atomic E-state index is 0.266. The van der Waals surface area contributed by atoms with E-state index in [0.29, 0.717) is 18.1 Å². The minimum atomic E-state index is 0.266. The number of methoxy groups -OCH3 is 1. The average molecular weight is 390 g/mol. The van der Waals surface area contributed by atoms with E-state index in [4.69, 9.17) is 4.74 Å². The second-order valence-electron chi connectivity index (χ2n) is 8.80. The normalized spacial score (nSPS) is 23.4. The summed E-state index contributed by atoms with van der Waals surface area (Å²) < 4.78 is 5.40. The number of rotatable bonds is 7. The third-order valence-electron chi connectivity index (χ3n) is 6.69. The topological polar surface area (TPSA) is 39.2 Å². The van der Waals surface area contributed by atoms with Gasteiger partial charge in [0.2, 0.25) is 0 Å². The van der Waals surface area contributed by atoms with E-state index in [1.54, 1.807) is 7.11 Å². The summed E-state index contributed by atoms with van der Waals surface area (Å²) in [6.07, 6.45) is 3.42. The Morgan fingerprint density at radius 3 is 2.50 bits per heavy atom. The number of piperidine rings is 1. The fourth-order valence-corrected chi connectivity index (χ4v) is 4.92. The first-order valence-electron chi connectivity index (χ1n) is 11.0. The Balaban J connectivity index is 1.59. The smallest absolute Gasteiger partial charge is 0.121 e. The number of aryl methyl sites for hydroxylation is 1. The lowest BCUT2D eigenvalue weighted by Gasteiger charge is -2.47. The molecule has 2 aliphatic heterocycles. The van der Waals surface area contributed by atoms with Crippen molar-refractivity contribution in [2.24, 2.45) is 0 Å². The molecule has 0 unspecified atom stereocenters. The molecule has 5 nitrogen and oxygen atoms in total. The van der Waals surface area contributed by atoms with Gasteiger partial charge in [0.15, 0.2) is 0 Å². The van der Waals surface area contributed by atoms with E-state index >= 15 is 0 Å². The van der Waals surface area contributed by atoms with E-state index in [2.05, 4.69) is 53.7 Å². The zero-order valence-corrected chi connectivity index (χ0v) is 18.2. The molecule has 0 radical (unpaired) electrons. The fourth-order valence-electron chi connectivity index (χ4n) is 4.92.